The summed E-state index contributed by atoms with van der Waals surface area (Å²) < 4.78 is 1.72. The molecular formula is C15H16N8. The number of piperidine rings is 1. The SMILES string of the molecule is Cc1cc(N2C3CC2CN(c2ccc4nncn4n2)C3)ncn1. The highest BCUT2D eigenvalue weighted by Gasteiger charge is 2.45. The summed E-state index contributed by atoms with van der Waals surface area (Å²) in [6, 6.07) is 7.02. The van der Waals surface area contributed by atoms with Gasteiger partial charge < -0.3 is 9.80 Å². The molecule has 8 heteroatoms. The van der Waals surface area contributed by atoms with Gasteiger partial charge in [-0.05, 0) is 25.5 Å². The number of aryl methyl sites for hydroxylation is 1. The first-order valence-electron chi connectivity index (χ1n) is 7.77. The van der Waals surface area contributed by atoms with Gasteiger partial charge >= 0.3 is 0 Å². The van der Waals surface area contributed by atoms with Crippen molar-refractivity contribution in [2.24, 2.45) is 0 Å². The molecule has 3 aromatic rings. The van der Waals surface area contributed by atoms with Gasteiger partial charge in [-0.3, -0.25) is 0 Å². The molecule has 0 N–H and O–H groups in total. The minimum absolute atomic E-state index is 0.487. The zero-order valence-electron chi connectivity index (χ0n) is 12.7. The van der Waals surface area contributed by atoms with E-state index in [1.54, 1.807) is 17.2 Å². The van der Waals surface area contributed by atoms with E-state index in [1.165, 1.54) is 6.42 Å². The van der Waals surface area contributed by atoms with E-state index in [9.17, 15) is 0 Å². The Hall–Kier alpha value is -2.77. The molecule has 0 radical (unpaired) electrons. The van der Waals surface area contributed by atoms with Crippen molar-refractivity contribution >= 4 is 17.3 Å². The summed E-state index contributed by atoms with van der Waals surface area (Å²) in [6.07, 6.45) is 4.51. The van der Waals surface area contributed by atoms with E-state index >= 15 is 0 Å². The molecule has 2 unspecified atom stereocenters. The maximum absolute atomic E-state index is 4.60. The Kier molecular flexibility index (Phi) is 2.55. The van der Waals surface area contributed by atoms with Crippen LogP contribution in [-0.2, 0) is 0 Å². The number of piperazine rings is 1. The maximum Gasteiger partial charge on any atom is 0.177 e. The molecule has 2 atom stereocenters. The number of aromatic nitrogens is 6. The molecule has 0 aromatic carbocycles. The van der Waals surface area contributed by atoms with Crippen LogP contribution in [0.5, 0.6) is 0 Å². The van der Waals surface area contributed by atoms with Crippen molar-refractivity contribution in [2.45, 2.75) is 25.4 Å². The van der Waals surface area contributed by atoms with Crippen LogP contribution in [-0.4, -0.2) is 55.0 Å². The topological polar surface area (TPSA) is 75.3 Å². The van der Waals surface area contributed by atoms with E-state index in [0.29, 0.717) is 12.1 Å². The van der Waals surface area contributed by atoms with Crippen LogP contribution < -0.4 is 9.80 Å². The normalized spacial score (nSPS) is 23.2. The zero-order chi connectivity index (χ0) is 15.4. The molecule has 6 heterocycles. The average molecular weight is 308 g/mol. The first-order chi connectivity index (χ1) is 11.3. The summed E-state index contributed by atoms with van der Waals surface area (Å²) in [6.45, 7) is 3.92. The molecule has 116 valence electrons. The van der Waals surface area contributed by atoms with Crippen LogP contribution in [0.25, 0.3) is 5.65 Å². The van der Waals surface area contributed by atoms with Crippen LogP contribution >= 0.6 is 0 Å². The maximum atomic E-state index is 4.60. The fourth-order valence-corrected chi connectivity index (χ4v) is 3.64. The lowest BCUT2D eigenvalue weighted by molar-refractivity contribution is 0.287. The molecule has 0 aliphatic carbocycles. The summed E-state index contributed by atoms with van der Waals surface area (Å²) >= 11 is 0. The van der Waals surface area contributed by atoms with Gasteiger partial charge in [0.15, 0.2) is 5.65 Å². The largest absolute Gasteiger partial charge is 0.351 e. The summed E-state index contributed by atoms with van der Waals surface area (Å²) in [4.78, 5) is 13.4. The first-order valence-corrected chi connectivity index (χ1v) is 7.77. The molecule has 3 saturated heterocycles. The van der Waals surface area contributed by atoms with Gasteiger partial charge in [0, 0.05) is 24.8 Å². The van der Waals surface area contributed by atoms with Crippen LogP contribution in [0.4, 0.5) is 11.6 Å². The molecule has 2 bridgehead atoms. The third-order valence-electron chi connectivity index (χ3n) is 4.72. The van der Waals surface area contributed by atoms with E-state index in [2.05, 4.69) is 41.1 Å². The fraction of sp³-hybridized carbons (Fsp3) is 0.400. The molecule has 6 rings (SSSR count). The van der Waals surface area contributed by atoms with Crippen LogP contribution in [0.15, 0.2) is 30.9 Å². The predicted molar refractivity (Wildman–Crippen MR) is 84.4 cm³/mol. The van der Waals surface area contributed by atoms with Gasteiger partial charge in [0.1, 0.15) is 24.3 Å². The molecule has 0 spiro atoms. The van der Waals surface area contributed by atoms with Crippen molar-refractivity contribution in [3.63, 3.8) is 0 Å². The van der Waals surface area contributed by atoms with Gasteiger partial charge in [-0.15, -0.1) is 15.3 Å². The van der Waals surface area contributed by atoms with Crippen LogP contribution in [0.1, 0.15) is 12.1 Å². The summed E-state index contributed by atoms with van der Waals surface area (Å²) in [7, 11) is 0. The number of fused-ring (bicyclic) bond motifs is 3. The van der Waals surface area contributed by atoms with Crippen molar-refractivity contribution in [3.8, 4) is 0 Å². The molecule has 3 fully saturated rings. The first kappa shape index (κ1) is 12.7. The molecule has 8 nitrogen and oxygen atoms in total. The molecule has 0 amide bonds. The van der Waals surface area contributed by atoms with Gasteiger partial charge in [0.2, 0.25) is 0 Å². The summed E-state index contributed by atoms with van der Waals surface area (Å²) in [5, 5.41) is 12.5. The van der Waals surface area contributed by atoms with E-state index in [1.807, 2.05) is 19.1 Å². The molecule has 23 heavy (non-hydrogen) atoms. The van der Waals surface area contributed by atoms with Crippen molar-refractivity contribution in [2.75, 3.05) is 22.9 Å². The van der Waals surface area contributed by atoms with E-state index in [0.717, 1.165) is 36.1 Å². The Morgan fingerprint density at radius 2 is 1.96 bits per heavy atom. The molecular weight excluding hydrogens is 292 g/mol. The third kappa shape index (κ3) is 1.94. The number of anilines is 2. The highest BCUT2D eigenvalue weighted by Crippen LogP contribution is 2.37. The van der Waals surface area contributed by atoms with Crippen LogP contribution in [0.3, 0.4) is 0 Å². The van der Waals surface area contributed by atoms with Crippen LogP contribution in [0.2, 0.25) is 0 Å². The number of hydrogen-bond acceptors (Lipinski definition) is 7. The second-order valence-corrected chi connectivity index (χ2v) is 6.20. The molecule has 0 saturated carbocycles. The van der Waals surface area contributed by atoms with E-state index < -0.39 is 0 Å². The number of hydrogen-bond donors (Lipinski definition) is 0. The lowest BCUT2D eigenvalue weighted by Gasteiger charge is -2.57. The van der Waals surface area contributed by atoms with Crippen LogP contribution in [0, 0.1) is 6.92 Å². The molecule has 3 aromatic heterocycles. The van der Waals surface area contributed by atoms with Crippen molar-refractivity contribution in [1.82, 2.24) is 29.8 Å². The lowest BCUT2D eigenvalue weighted by atomic mass is 9.87. The molecule has 3 aliphatic heterocycles. The third-order valence-corrected chi connectivity index (χ3v) is 4.72. The summed E-state index contributed by atoms with van der Waals surface area (Å²) in [5.74, 6) is 2.02. The fourth-order valence-electron chi connectivity index (χ4n) is 3.64. The smallest absolute Gasteiger partial charge is 0.177 e. The quantitative estimate of drug-likeness (QED) is 0.689. The second kappa shape index (κ2) is 4.61. The van der Waals surface area contributed by atoms with E-state index in [4.69, 9.17) is 0 Å². The monoisotopic (exact) mass is 308 g/mol. The van der Waals surface area contributed by atoms with E-state index in [-0.39, 0.29) is 0 Å². The number of rotatable bonds is 2. The Bertz CT molecular complexity index is 863. The summed E-state index contributed by atoms with van der Waals surface area (Å²) in [5.41, 5.74) is 1.78. The Morgan fingerprint density at radius 3 is 2.78 bits per heavy atom. The minimum Gasteiger partial charge on any atom is -0.351 e. The highest BCUT2D eigenvalue weighted by molar-refractivity contribution is 5.53. The Labute approximate surface area is 132 Å². The van der Waals surface area contributed by atoms with Gasteiger partial charge in [0.25, 0.3) is 0 Å². The Morgan fingerprint density at radius 1 is 1.09 bits per heavy atom. The standard InChI is InChI=1S/C15H16N8/c1-10-4-15(17-8-16-10)23-11-5-12(23)7-21(6-11)14-3-2-13-19-18-9-22(13)20-14/h2-4,8-9,11-12H,5-7H2,1H3. The number of nitrogens with zero attached hydrogens (tertiary/aromatic N) is 8. The van der Waals surface area contributed by atoms with Crippen molar-refractivity contribution in [1.29, 1.82) is 0 Å². The van der Waals surface area contributed by atoms with Gasteiger partial charge in [0.05, 0.1) is 12.1 Å². The van der Waals surface area contributed by atoms with Gasteiger partial charge in [-0.25, -0.2) is 9.97 Å². The van der Waals surface area contributed by atoms with Gasteiger partial charge in [-0.1, -0.05) is 0 Å². The zero-order valence-corrected chi connectivity index (χ0v) is 12.7. The van der Waals surface area contributed by atoms with Crippen molar-refractivity contribution < 1.29 is 0 Å². The minimum atomic E-state index is 0.487. The average Bonchev–Trinajstić information content (AvgIpc) is 3.02. The molecule has 3 aliphatic rings. The second-order valence-electron chi connectivity index (χ2n) is 6.20. The lowest BCUT2D eigenvalue weighted by Crippen LogP contribution is -2.69. The highest BCUT2D eigenvalue weighted by atomic mass is 15.4. The predicted octanol–water partition coefficient (Wildman–Crippen LogP) is 0.690. The van der Waals surface area contributed by atoms with Crippen molar-refractivity contribution in [3.05, 3.63) is 36.5 Å². The van der Waals surface area contributed by atoms with Gasteiger partial charge in [-0.2, -0.15) is 4.52 Å². The Balaban J connectivity index is 1.39.